The first-order valence-corrected chi connectivity index (χ1v) is 6.75. The zero-order valence-corrected chi connectivity index (χ0v) is 11.3. The van der Waals surface area contributed by atoms with E-state index in [2.05, 4.69) is 29.6 Å². The van der Waals surface area contributed by atoms with Crippen LogP contribution in [0.25, 0.3) is 0 Å². The molecule has 0 radical (unpaired) electrons. The lowest BCUT2D eigenvalue weighted by atomic mass is 9.90. The molecule has 4 nitrogen and oxygen atoms in total. The minimum atomic E-state index is -0.512. The third-order valence-corrected chi connectivity index (χ3v) is 3.69. The summed E-state index contributed by atoms with van der Waals surface area (Å²) in [6, 6.07) is 10.4. The SMILES string of the molecule is CNC(=O)C(=O)N1CCC(Cc2ccccc2)CC1. The fraction of sp³-hybridized carbons (Fsp3) is 0.467. The highest BCUT2D eigenvalue weighted by Crippen LogP contribution is 2.21. The topological polar surface area (TPSA) is 49.4 Å². The molecule has 0 unspecified atom stereocenters. The highest BCUT2D eigenvalue weighted by molar-refractivity contribution is 6.34. The number of likely N-dealkylation sites (tertiary alicyclic amines) is 1. The Labute approximate surface area is 113 Å². The Hall–Kier alpha value is -1.84. The van der Waals surface area contributed by atoms with Gasteiger partial charge in [-0.2, -0.15) is 0 Å². The van der Waals surface area contributed by atoms with Crippen molar-refractivity contribution in [3.05, 3.63) is 35.9 Å². The molecule has 0 bridgehead atoms. The molecule has 0 aliphatic carbocycles. The van der Waals surface area contributed by atoms with E-state index in [0.717, 1.165) is 19.3 Å². The summed E-state index contributed by atoms with van der Waals surface area (Å²) in [5.74, 6) is -0.307. The van der Waals surface area contributed by atoms with E-state index < -0.39 is 11.8 Å². The molecular weight excluding hydrogens is 240 g/mol. The highest BCUT2D eigenvalue weighted by Gasteiger charge is 2.26. The number of benzene rings is 1. The molecule has 19 heavy (non-hydrogen) atoms. The van der Waals surface area contributed by atoms with E-state index >= 15 is 0 Å². The molecule has 0 spiro atoms. The van der Waals surface area contributed by atoms with Crippen molar-refractivity contribution in [1.82, 2.24) is 10.2 Å². The standard InChI is InChI=1S/C15H20N2O2/c1-16-14(18)15(19)17-9-7-13(8-10-17)11-12-5-3-2-4-6-12/h2-6,13H,7-11H2,1H3,(H,16,18). The molecule has 0 saturated carbocycles. The number of hydrogen-bond acceptors (Lipinski definition) is 2. The van der Waals surface area contributed by atoms with Crippen LogP contribution in [0.2, 0.25) is 0 Å². The van der Waals surface area contributed by atoms with Crippen molar-refractivity contribution in [3.63, 3.8) is 0 Å². The van der Waals surface area contributed by atoms with E-state index in [0.29, 0.717) is 19.0 Å². The Bertz CT molecular complexity index is 437. The number of nitrogens with one attached hydrogen (secondary N) is 1. The molecule has 1 aromatic rings. The number of carbonyl (C=O) groups is 2. The van der Waals surface area contributed by atoms with Crippen LogP contribution in [0.3, 0.4) is 0 Å². The van der Waals surface area contributed by atoms with Gasteiger partial charge in [-0.15, -0.1) is 0 Å². The summed E-state index contributed by atoms with van der Waals surface area (Å²) in [5, 5.41) is 2.38. The van der Waals surface area contributed by atoms with Gasteiger partial charge >= 0.3 is 11.8 Å². The largest absolute Gasteiger partial charge is 0.351 e. The fourth-order valence-corrected chi connectivity index (χ4v) is 2.54. The number of likely N-dealkylation sites (N-methyl/N-ethyl adjacent to an activating group) is 1. The Morgan fingerprint density at radius 3 is 2.42 bits per heavy atom. The van der Waals surface area contributed by atoms with Crippen molar-refractivity contribution < 1.29 is 9.59 Å². The van der Waals surface area contributed by atoms with Gasteiger partial charge in [0, 0.05) is 20.1 Å². The van der Waals surface area contributed by atoms with E-state index in [1.165, 1.54) is 12.6 Å². The molecule has 1 heterocycles. The van der Waals surface area contributed by atoms with Crippen molar-refractivity contribution >= 4 is 11.8 Å². The van der Waals surface area contributed by atoms with Gasteiger partial charge in [0.05, 0.1) is 0 Å². The maximum absolute atomic E-state index is 11.7. The molecule has 2 rings (SSSR count). The average Bonchev–Trinajstić information content (AvgIpc) is 2.47. The number of nitrogens with zero attached hydrogens (tertiary/aromatic N) is 1. The quantitative estimate of drug-likeness (QED) is 0.813. The molecule has 1 N–H and O–H groups in total. The van der Waals surface area contributed by atoms with E-state index in [-0.39, 0.29) is 0 Å². The van der Waals surface area contributed by atoms with Gasteiger partial charge in [-0.1, -0.05) is 30.3 Å². The first-order valence-electron chi connectivity index (χ1n) is 6.75. The molecule has 1 fully saturated rings. The number of rotatable bonds is 2. The maximum atomic E-state index is 11.7. The van der Waals surface area contributed by atoms with E-state index in [1.54, 1.807) is 4.90 Å². The molecule has 1 saturated heterocycles. The van der Waals surface area contributed by atoms with Crippen LogP contribution in [0.5, 0.6) is 0 Å². The number of hydrogen-bond donors (Lipinski definition) is 1. The van der Waals surface area contributed by atoms with Crippen molar-refractivity contribution in [3.8, 4) is 0 Å². The van der Waals surface area contributed by atoms with E-state index in [1.807, 2.05) is 6.07 Å². The highest BCUT2D eigenvalue weighted by atomic mass is 16.2. The van der Waals surface area contributed by atoms with Gasteiger partial charge < -0.3 is 10.2 Å². The third-order valence-electron chi connectivity index (χ3n) is 3.69. The zero-order valence-electron chi connectivity index (χ0n) is 11.3. The van der Waals surface area contributed by atoms with Crippen LogP contribution in [-0.2, 0) is 16.0 Å². The number of carbonyl (C=O) groups excluding carboxylic acids is 2. The van der Waals surface area contributed by atoms with Crippen LogP contribution in [-0.4, -0.2) is 36.9 Å². The Morgan fingerprint density at radius 2 is 1.84 bits per heavy atom. The molecular formula is C15H20N2O2. The maximum Gasteiger partial charge on any atom is 0.311 e. The van der Waals surface area contributed by atoms with Crippen molar-refractivity contribution in [2.75, 3.05) is 20.1 Å². The molecule has 1 aliphatic heterocycles. The predicted octanol–water partition coefficient (Wildman–Crippen LogP) is 1.21. The number of piperidine rings is 1. The second-order valence-electron chi connectivity index (χ2n) is 5.00. The van der Waals surface area contributed by atoms with Gasteiger partial charge in [0.25, 0.3) is 0 Å². The Balaban J connectivity index is 1.83. The fourth-order valence-electron chi connectivity index (χ4n) is 2.54. The minimum Gasteiger partial charge on any atom is -0.351 e. The van der Waals surface area contributed by atoms with Crippen LogP contribution < -0.4 is 5.32 Å². The number of amides is 2. The van der Waals surface area contributed by atoms with Gasteiger partial charge in [0.2, 0.25) is 0 Å². The molecule has 4 heteroatoms. The lowest BCUT2D eigenvalue weighted by Gasteiger charge is -2.31. The molecule has 0 aromatic heterocycles. The third kappa shape index (κ3) is 3.56. The minimum absolute atomic E-state index is 0.402. The summed E-state index contributed by atoms with van der Waals surface area (Å²) in [7, 11) is 1.49. The summed E-state index contributed by atoms with van der Waals surface area (Å²) in [6.07, 6.45) is 3.00. The molecule has 102 valence electrons. The van der Waals surface area contributed by atoms with Crippen molar-refractivity contribution in [1.29, 1.82) is 0 Å². The van der Waals surface area contributed by atoms with Gasteiger partial charge in [-0.05, 0) is 30.7 Å². The molecule has 1 aromatic carbocycles. The second kappa shape index (κ2) is 6.36. The molecule has 0 atom stereocenters. The summed E-state index contributed by atoms with van der Waals surface area (Å²) >= 11 is 0. The van der Waals surface area contributed by atoms with E-state index in [9.17, 15) is 9.59 Å². The van der Waals surface area contributed by atoms with Crippen molar-refractivity contribution in [2.45, 2.75) is 19.3 Å². The van der Waals surface area contributed by atoms with Crippen LogP contribution in [0.15, 0.2) is 30.3 Å². The van der Waals surface area contributed by atoms with Crippen LogP contribution in [0, 0.1) is 5.92 Å². The van der Waals surface area contributed by atoms with Gasteiger partial charge in [-0.3, -0.25) is 9.59 Å². The smallest absolute Gasteiger partial charge is 0.311 e. The predicted molar refractivity (Wildman–Crippen MR) is 73.5 cm³/mol. The first kappa shape index (κ1) is 13.6. The lowest BCUT2D eigenvalue weighted by molar-refractivity contribution is -0.146. The van der Waals surface area contributed by atoms with Crippen molar-refractivity contribution in [2.24, 2.45) is 5.92 Å². The van der Waals surface area contributed by atoms with E-state index in [4.69, 9.17) is 0 Å². The molecule has 1 aliphatic rings. The lowest BCUT2D eigenvalue weighted by Crippen LogP contribution is -2.45. The zero-order chi connectivity index (χ0) is 13.7. The monoisotopic (exact) mass is 260 g/mol. The summed E-state index contributed by atoms with van der Waals surface area (Å²) in [4.78, 5) is 24.6. The van der Waals surface area contributed by atoms with Gasteiger partial charge in [0.15, 0.2) is 0 Å². The first-order chi connectivity index (χ1) is 9.20. The summed E-state index contributed by atoms with van der Waals surface area (Å²) < 4.78 is 0. The van der Waals surface area contributed by atoms with Gasteiger partial charge in [0.1, 0.15) is 0 Å². The van der Waals surface area contributed by atoms with Crippen LogP contribution >= 0.6 is 0 Å². The summed E-state index contributed by atoms with van der Waals surface area (Å²) in [6.45, 7) is 1.37. The molecule has 2 amide bonds. The van der Waals surface area contributed by atoms with Gasteiger partial charge in [-0.25, -0.2) is 0 Å². The average molecular weight is 260 g/mol. The van der Waals surface area contributed by atoms with Crippen LogP contribution in [0.4, 0.5) is 0 Å². The summed E-state index contributed by atoms with van der Waals surface area (Å²) in [5.41, 5.74) is 1.35. The normalized spacial score (nSPS) is 16.2. The second-order valence-corrected chi connectivity index (χ2v) is 5.00. The Kier molecular flexibility index (Phi) is 4.55. The van der Waals surface area contributed by atoms with Crippen LogP contribution in [0.1, 0.15) is 18.4 Å². The Morgan fingerprint density at radius 1 is 1.21 bits per heavy atom.